The molecule has 2 aromatic carbocycles. The molecule has 1 aliphatic rings. The molecule has 0 spiro atoms. The average molecular weight is 448 g/mol. The number of carbonyl (C=O) groups is 2. The van der Waals surface area contributed by atoms with Crippen LogP contribution in [0.25, 0.3) is 10.8 Å². The van der Waals surface area contributed by atoms with E-state index in [-0.39, 0.29) is 48.5 Å². The lowest BCUT2D eigenvalue weighted by Gasteiger charge is -2.29. The Labute approximate surface area is 187 Å². The van der Waals surface area contributed by atoms with Gasteiger partial charge in [0.05, 0.1) is 28.9 Å². The summed E-state index contributed by atoms with van der Waals surface area (Å²) in [5.74, 6) is -2.08. The van der Waals surface area contributed by atoms with Gasteiger partial charge in [0.2, 0.25) is 0 Å². The third-order valence-electron chi connectivity index (χ3n) is 5.63. The van der Waals surface area contributed by atoms with E-state index in [1.54, 1.807) is 30.3 Å². The predicted molar refractivity (Wildman–Crippen MR) is 120 cm³/mol. The van der Waals surface area contributed by atoms with Crippen molar-refractivity contribution >= 4 is 28.3 Å². The van der Waals surface area contributed by atoms with Crippen LogP contribution in [0.4, 0.5) is 4.39 Å². The van der Waals surface area contributed by atoms with Gasteiger partial charge >= 0.3 is 0 Å². The van der Waals surface area contributed by atoms with Gasteiger partial charge in [0.15, 0.2) is 0 Å². The number of aromatic nitrogens is 2. The van der Waals surface area contributed by atoms with Gasteiger partial charge in [0.1, 0.15) is 11.5 Å². The van der Waals surface area contributed by atoms with Crippen LogP contribution in [-0.4, -0.2) is 45.7 Å². The van der Waals surface area contributed by atoms with Crippen molar-refractivity contribution in [3.63, 3.8) is 0 Å². The summed E-state index contributed by atoms with van der Waals surface area (Å²) in [6.07, 6.45) is 0.448. The van der Waals surface area contributed by atoms with Crippen LogP contribution >= 0.6 is 0 Å². The van der Waals surface area contributed by atoms with Gasteiger partial charge in [-0.15, -0.1) is 0 Å². The van der Waals surface area contributed by atoms with E-state index in [1.807, 2.05) is 0 Å². The second-order valence-electron chi connectivity index (χ2n) is 7.75. The lowest BCUT2D eigenvalue weighted by molar-refractivity contribution is -0.114. The molecule has 2 amide bonds. The number of hydrogen-bond donors (Lipinski definition) is 4. The summed E-state index contributed by atoms with van der Waals surface area (Å²) < 4.78 is 14.6. The Bertz CT molecular complexity index is 1390. The number of nitrogens with zero attached hydrogens (tertiary/aromatic N) is 2. The second kappa shape index (κ2) is 8.65. The molecule has 0 saturated carbocycles. The van der Waals surface area contributed by atoms with Gasteiger partial charge in [-0.25, -0.2) is 9.49 Å². The normalized spacial score (nSPS) is 15.5. The number of carbonyl (C=O) groups excluding carboxylic acids is 2. The molecule has 0 bridgehead atoms. The van der Waals surface area contributed by atoms with Crippen molar-refractivity contribution in [3.8, 4) is 0 Å². The second-order valence-corrected chi connectivity index (χ2v) is 7.75. The summed E-state index contributed by atoms with van der Waals surface area (Å²) in [6, 6.07) is 11.2. The third kappa shape index (κ3) is 4.22. The molecule has 1 aliphatic heterocycles. The van der Waals surface area contributed by atoms with E-state index in [2.05, 4.69) is 10.2 Å². The number of likely N-dealkylation sites (tertiary alicyclic amines) is 1. The van der Waals surface area contributed by atoms with Crippen LogP contribution in [-0.2, 0) is 11.2 Å². The van der Waals surface area contributed by atoms with Crippen LogP contribution in [0.2, 0.25) is 0 Å². The summed E-state index contributed by atoms with van der Waals surface area (Å²) in [7, 11) is 0. The molecule has 1 fully saturated rings. The number of hydrogen-bond acceptors (Lipinski definition) is 6. The fraction of sp³-hybridized carbons (Fsp3) is 0.174. The van der Waals surface area contributed by atoms with Crippen LogP contribution in [0, 0.1) is 11.2 Å². The van der Waals surface area contributed by atoms with Crippen LogP contribution in [0.3, 0.4) is 0 Å². The van der Waals surface area contributed by atoms with Gasteiger partial charge < -0.3 is 21.8 Å². The molecule has 9 nitrogen and oxygen atoms in total. The first kappa shape index (κ1) is 21.9. The standard InChI is InChI=1S/C23H21FN6O3/c24-17-6-5-12(10-19-13-3-1-2-4-14(13)22(32)29-28-19)9-16(17)23(33)30-8-7-15(18(25)11-30)20(26)21(27)31/h1-6,9,25H,7-8,10-11,26H2,(H2,27,31)(H,29,32). The van der Waals surface area contributed by atoms with E-state index in [4.69, 9.17) is 16.9 Å². The van der Waals surface area contributed by atoms with Crippen molar-refractivity contribution in [2.24, 2.45) is 11.5 Å². The maximum Gasteiger partial charge on any atom is 0.272 e. The van der Waals surface area contributed by atoms with Gasteiger partial charge in [-0.1, -0.05) is 24.3 Å². The van der Waals surface area contributed by atoms with Crippen LogP contribution < -0.4 is 17.0 Å². The first-order valence-corrected chi connectivity index (χ1v) is 10.2. The molecule has 3 aromatic rings. The van der Waals surface area contributed by atoms with Crippen molar-refractivity contribution in [2.75, 3.05) is 13.1 Å². The molecule has 10 heteroatoms. The number of H-pyrrole nitrogens is 1. The van der Waals surface area contributed by atoms with Crippen LogP contribution in [0.1, 0.15) is 28.0 Å². The van der Waals surface area contributed by atoms with Gasteiger partial charge in [-0.2, -0.15) is 5.10 Å². The Kier molecular flexibility index (Phi) is 5.74. The van der Waals surface area contributed by atoms with E-state index < -0.39 is 17.6 Å². The van der Waals surface area contributed by atoms with Crippen molar-refractivity contribution in [2.45, 2.75) is 12.8 Å². The number of rotatable bonds is 4. The van der Waals surface area contributed by atoms with Crippen molar-refractivity contribution in [3.05, 3.63) is 86.7 Å². The molecular weight excluding hydrogens is 427 g/mol. The predicted octanol–water partition coefficient (Wildman–Crippen LogP) is 1.22. The highest BCUT2D eigenvalue weighted by Gasteiger charge is 2.28. The Balaban J connectivity index is 1.60. The first-order chi connectivity index (χ1) is 15.8. The van der Waals surface area contributed by atoms with Crippen molar-refractivity contribution < 1.29 is 14.0 Å². The monoisotopic (exact) mass is 448 g/mol. The molecule has 4 rings (SSSR count). The number of nitrogens with two attached hydrogens (primary N) is 2. The zero-order valence-electron chi connectivity index (χ0n) is 17.5. The summed E-state index contributed by atoms with van der Waals surface area (Å²) in [6.45, 7) is 0.0538. The summed E-state index contributed by atoms with van der Waals surface area (Å²) in [5, 5.41) is 15.9. The van der Waals surface area contributed by atoms with Crippen LogP contribution in [0.15, 0.2) is 58.5 Å². The molecule has 1 saturated heterocycles. The average Bonchev–Trinajstić information content (AvgIpc) is 2.81. The SMILES string of the molecule is N=C1CN(C(=O)c2cc(Cc3n[nH]c(=O)c4ccccc34)ccc2F)CCC1=C(N)C(N)=O. The molecule has 1 aromatic heterocycles. The Hall–Kier alpha value is -4.34. The van der Waals surface area contributed by atoms with E-state index in [0.29, 0.717) is 27.6 Å². The fourth-order valence-electron chi connectivity index (χ4n) is 3.90. The molecule has 6 N–H and O–H groups in total. The molecule has 0 aliphatic carbocycles. The van der Waals surface area contributed by atoms with Gasteiger partial charge in [0.25, 0.3) is 17.4 Å². The molecule has 0 unspecified atom stereocenters. The lowest BCUT2D eigenvalue weighted by atomic mass is 9.97. The summed E-state index contributed by atoms with van der Waals surface area (Å²) >= 11 is 0. The molecule has 33 heavy (non-hydrogen) atoms. The van der Waals surface area contributed by atoms with Gasteiger partial charge in [0, 0.05) is 23.9 Å². The molecular formula is C23H21FN6O3. The minimum Gasteiger partial charge on any atom is -0.394 e. The number of nitrogens with one attached hydrogen (secondary N) is 2. The highest BCUT2D eigenvalue weighted by atomic mass is 19.1. The first-order valence-electron chi connectivity index (χ1n) is 10.2. The zero-order chi connectivity index (χ0) is 23.7. The van der Waals surface area contributed by atoms with Gasteiger partial charge in [-0.05, 0) is 30.2 Å². The minimum atomic E-state index is -0.823. The number of benzene rings is 2. The quantitative estimate of drug-likeness (QED) is 0.441. The van der Waals surface area contributed by atoms with E-state index in [1.165, 1.54) is 17.0 Å². The van der Waals surface area contributed by atoms with Crippen molar-refractivity contribution in [1.82, 2.24) is 15.1 Å². The number of halogens is 1. The Morgan fingerprint density at radius 2 is 1.88 bits per heavy atom. The number of piperidine rings is 1. The van der Waals surface area contributed by atoms with E-state index in [0.717, 1.165) is 0 Å². The maximum atomic E-state index is 14.6. The van der Waals surface area contributed by atoms with Crippen LogP contribution in [0.5, 0.6) is 0 Å². The molecule has 168 valence electrons. The zero-order valence-corrected chi connectivity index (χ0v) is 17.5. The fourth-order valence-corrected chi connectivity index (χ4v) is 3.90. The molecule has 0 atom stereocenters. The Morgan fingerprint density at radius 1 is 1.15 bits per heavy atom. The smallest absolute Gasteiger partial charge is 0.272 e. The third-order valence-corrected chi connectivity index (χ3v) is 5.63. The number of amides is 2. The summed E-state index contributed by atoms with van der Waals surface area (Å²) in [4.78, 5) is 37.7. The largest absolute Gasteiger partial charge is 0.394 e. The number of aromatic amines is 1. The lowest BCUT2D eigenvalue weighted by Crippen LogP contribution is -2.43. The summed E-state index contributed by atoms with van der Waals surface area (Å²) in [5.41, 5.74) is 11.7. The highest BCUT2D eigenvalue weighted by Crippen LogP contribution is 2.22. The number of primary amides is 1. The topological polar surface area (TPSA) is 159 Å². The number of fused-ring (bicyclic) bond motifs is 1. The minimum absolute atomic E-state index is 0.00799. The molecule has 0 radical (unpaired) electrons. The van der Waals surface area contributed by atoms with E-state index >= 15 is 0 Å². The van der Waals surface area contributed by atoms with Crippen molar-refractivity contribution in [1.29, 1.82) is 5.41 Å². The maximum absolute atomic E-state index is 14.6. The highest BCUT2D eigenvalue weighted by molar-refractivity contribution is 6.09. The Morgan fingerprint density at radius 3 is 2.58 bits per heavy atom. The van der Waals surface area contributed by atoms with E-state index in [9.17, 15) is 18.8 Å². The van der Waals surface area contributed by atoms with Gasteiger partial charge in [-0.3, -0.25) is 14.4 Å². The molecule has 2 heterocycles.